The monoisotopic (exact) mass is 387 g/mol. The van der Waals surface area contributed by atoms with Crippen molar-refractivity contribution in [3.8, 4) is 5.69 Å². The van der Waals surface area contributed by atoms with Gasteiger partial charge in [-0.05, 0) is 49.8 Å². The maximum atomic E-state index is 11.9. The molecule has 1 aromatic heterocycles. The molecular formula is C15H18ClN3OS3. The molecule has 124 valence electrons. The van der Waals surface area contributed by atoms with Gasteiger partial charge in [-0.25, -0.2) is 4.68 Å². The molecule has 0 unspecified atom stereocenters. The topological polar surface area (TPSA) is 46.9 Å². The van der Waals surface area contributed by atoms with Crippen LogP contribution in [-0.4, -0.2) is 27.5 Å². The normalized spacial score (nSPS) is 12.1. The van der Waals surface area contributed by atoms with Crippen LogP contribution in [0.15, 0.2) is 28.6 Å². The lowest BCUT2D eigenvalue weighted by Crippen LogP contribution is -2.33. The highest BCUT2D eigenvalue weighted by Crippen LogP contribution is 2.24. The average molecular weight is 388 g/mol. The van der Waals surface area contributed by atoms with Gasteiger partial charge in [0.25, 0.3) is 0 Å². The number of hydrogen-bond acceptors (Lipinski definition) is 5. The van der Waals surface area contributed by atoms with E-state index in [1.54, 1.807) is 16.8 Å². The highest BCUT2D eigenvalue weighted by molar-refractivity contribution is 8.01. The second-order valence-corrected chi connectivity index (χ2v) is 8.35. The molecule has 8 heteroatoms. The van der Waals surface area contributed by atoms with E-state index in [1.165, 1.54) is 23.1 Å². The van der Waals surface area contributed by atoms with Crippen LogP contribution in [0.1, 0.15) is 26.7 Å². The molecule has 0 saturated heterocycles. The van der Waals surface area contributed by atoms with Crippen molar-refractivity contribution >= 4 is 52.8 Å². The predicted molar refractivity (Wildman–Crippen MR) is 101 cm³/mol. The molecule has 23 heavy (non-hydrogen) atoms. The van der Waals surface area contributed by atoms with Gasteiger partial charge in [-0.1, -0.05) is 48.0 Å². The van der Waals surface area contributed by atoms with E-state index >= 15 is 0 Å². The summed E-state index contributed by atoms with van der Waals surface area (Å²) in [4.78, 5) is 11.9. The maximum absolute atomic E-state index is 11.9. The summed E-state index contributed by atoms with van der Waals surface area (Å²) in [5.41, 5.74) is 0.864. The summed E-state index contributed by atoms with van der Waals surface area (Å²) in [7, 11) is 0. The number of carbonyl (C=O) groups excluding carboxylic acids is 1. The molecule has 0 spiro atoms. The van der Waals surface area contributed by atoms with Crippen LogP contribution in [0.3, 0.4) is 0 Å². The molecule has 1 N–H and O–H groups in total. The van der Waals surface area contributed by atoms with E-state index < -0.39 is 0 Å². The lowest BCUT2D eigenvalue weighted by atomic mass is 10.2. The van der Waals surface area contributed by atoms with E-state index in [0.717, 1.165) is 22.9 Å². The van der Waals surface area contributed by atoms with Gasteiger partial charge in [-0.3, -0.25) is 4.79 Å². The zero-order valence-electron chi connectivity index (χ0n) is 12.9. The average Bonchev–Trinajstić information content (AvgIpc) is 2.87. The van der Waals surface area contributed by atoms with Crippen molar-refractivity contribution in [1.29, 1.82) is 0 Å². The quantitative estimate of drug-likeness (QED) is 0.551. The molecule has 4 nitrogen and oxygen atoms in total. The molecule has 0 saturated carbocycles. The molecule has 2 aromatic rings. The van der Waals surface area contributed by atoms with E-state index in [9.17, 15) is 4.79 Å². The lowest BCUT2D eigenvalue weighted by molar-refractivity contribution is -0.119. The Kier molecular flexibility index (Phi) is 7.08. The van der Waals surface area contributed by atoms with Crippen molar-refractivity contribution in [2.45, 2.75) is 37.1 Å². The highest BCUT2D eigenvalue weighted by atomic mass is 35.5. The zero-order chi connectivity index (χ0) is 16.8. The van der Waals surface area contributed by atoms with E-state index in [2.05, 4.69) is 17.3 Å². The first-order chi connectivity index (χ1) is 11.0. The molecule has 2 rings (SSSR count). The van der Waals surface area contributed by atoms with Crippen molar-refractivity contribution < 1.29 is 4.79 Å². The molecule has 1 amide bonds. The first-order valence-electron chi connectivity index (χ1n) is 7.28. The number of carbonyl (C=O) groups is 1. The number of halogens is 1. The number of nitrogens with zero attached hydrogens (tertiary/aromatic N) is 2. The number of aromatic nitrogens is 2. The van der Waals surface area contributed by atoms with E-state index in [0.29, 0.717) is 14.7 Å². The zero-order valence-corrected chi connectivity index (χ0v) is 16.1. The van der Waals surface area contributed by atoms with Crippen LogP contribution in [0.4, 0.5) is 0 Å². The second kappa shape index (κ2) is 8.82. The fourth-order valence-electron chi connectivity index (χ4n) is 2.01. The van der Waals surface area contributed by atoms with Gasteiger partial charge in [0.15, 0.2) is 8.29 Å². The molecule has 1 aromatic carbocycles. The minimum Gasteiger partial charge on any atom is -0.353 e. The van der Waals surface area contributed by atoms with Crippen LogP contribution in [0.2, 0.25) is 5.02 Å². The second-order valence-electron chi connectivity index (χ2n) is 5.07. The summed E-state index contributed by atoms with van der Waals surface area (Å²) in [5.74, 6) is 0.367. The summed E-state index contributed by atoms with van der Waals surface area (Å²) >= 11 is 14.0. The summed E-state index contributed by atoms with van der Waals surface area (Å²) in [5, 5.41) is 8.12. The molecule has 0 aliphatic carbocycles. The number of rotatable bonds is 7. The Hall–Kier alpha value is -0.890. The van der Waals surface area contributed by atoms with Gasteiger partial charge in [0.05, 0.1) is 11.4 Å². The lowest BCUT2D eigenvalue weighted by Gasteiger charge is -2.11. The Morgan fingerprint density at radius 3 is 2.83 bits per heavy atom. The van der Waals surface area contributed by atoms with Gasteiger partial charge in [0.2, 0.25) is 5.91 Å². The van der Waals surface area contributed by atoms with Crippen LogP contribution < -0.4 is 5.32 Å². The van der Waals surface area contributed by atoms with Crippen LogP contribution in [-0.2, 0) is 4.79 Å². The van der Waals surface area contributed by atoms with Gasteiger partial charge in [0.1, 0.15) is 0 Å². The molecule has 0 fully saturated rings. The van der Waals surface area contributed by atoms with Crippen molar-refractivity contribution in [3.63, 3.8) is 0 Å². The minimum atomic E-state index is 0.0233. The standard InChI is InChI=1S/C15H18ClN3OS3/c1-3-4-10(2)17-13(20)9-22-14-18-19(15(21)23-14)12-7-5-11(16)6-8-12/h5-8,10H,3-4,9H2,1-2H3,(H,17,20)/t10-/m1/s1. The Morgan fingerprint density at radius 1 is 1.48 bits per heavy atom. The van der Waals surface area contributed by atoms with Crippen LogP contribution in [0, 0.1) is 3.95 Å². The number of benzene rings is 1. The predicted octanol–water partition coefficient (Wildman–Crippen LogP) is 4.71. The van der Waals surface area contributed by atoms with Crippen LogP contribution in [0.25, 0.3) is 5.69 Å². The smallest absolute Gasteiger partial charge is 0.230 e. The van der Waals surface area contributed by atoms with Crippen molar-refractivity contribution in [2.75, 3.05) is 5.75 Å². The van der Waals surface area contributed by atoms with Crippen molar-refractivity contribution in [2.24, 2.45) is 0 Å². The largest absolute Gasteiger partial charge is 0.353 e. The SMILES string of the molecule is CCC[C@@H](C)NC(=O)CSc1nn(-c2ccc(Cl)cc2)c(=S)s1. The summed E-state index contributed by atoms with van der Waals surface area (Å²) in [6, 6.07) is 7.54. The van der Waals surface area contributed by atoms with E-state index in [4.69, 9.17) is 23.8 Å². The van der Waals surface area contributed by atoms with E-state index in [-0.39, 0.29) is 11.9 Å². The Morgan fingerprint density at radius 2 is 2.17 bits per heavy atom. The fraction of sp³-hybridized carbons (Fsp3) is 0.400. The molecule has 0 aliphatic rings. The molecular weight excluding hydrogens is 370 g/mol. The Bertz CT molecular complexity index is 712. The molecule has 0 bridgehead atoms. The Balaban J connectivity index is 1.97. The fourth-order valence-corrected chi connectivity index (χ4v) is 4.31. The summed E-state index contributed by atoms with van der Waals surface area (Å²) in [6.45, 7) is 4.12. The number of nitrogens with one attached hydrogen (secondary N) is 1. The van der Waals surface area contributed by atoms with Gasteiger partial charge in [-0.2, -0.15) is 0 Å². The maximum Gasteiger partial charge on any atom is 0.230 e. The van der Waals surface area contributed by atoms with Gasteiger partial charge in [-0.15, -0.1) is 5.10 Å². The molecule has 1 heterocycles. The minimum absolute atomic E-state index is 0.0233. The van der Waals surface area contributed by atoms with Gasteiger partial charge < -0.3 is 5.32 Å². The Labute approximate surface area is 154 Å². The highest BCUT2D eigenvalue weighted by Gasteiger charge is 2.11. The van der Waals surface area contributed by atoms with Crippen LogP contribution in [0.5, 0.6) is 0 Å². The first-order valence-corrected chi connectivity index (χ1v) is 9.86. The number of amides is 1. The number of thioether (sulfide) groups is 1. The number of hydrogen-bond donors (Lipinski definition) is 1. The van der Waals surface area contributed by atoms with Gasteiger partial charge >= 0.3 is 0 Å². The van der Waals surface area contributed by atoms with E-state index in [1.807, 2.05) is 19.1 Å². The molecule has 0 aliphatic heterocycles. The third kappa shape index (κ3) is 5.60. The third-order valence-corrected chi connectivity index (χ3v) is 5.67. The van der Waals surface area contributed by atoms with Crippen molar-refractivity contribution in [1.82, 2.24) is 15.1 Å². The molecule has 0 radical (unpaired) electrons. The third-order valence-electron chi connectivity index (χ3n) is 3.06. The first kappa shape index (κ1) is 18.4. The summed E-state index contributed by atoms with van der Waals surface area (Å²) in [6.07, 6.45) is 2.04. The van der Waals surface area contributed by atoms with Gasteiger partial charge in [0, 0.05) is 11.1 Å². The van der Waals surface area contributed by atoms with Crippen molar-refractivity contribution in [3.05, 3.63) is 33.2 Å². The summed E-state index contributed by atoms with van der Waals surface area (Å²) < 4.78 is 3.12. The molecule has 1 atom stereocenters. The van der Waals surface area contributed by atoms with Crippen LogP contribution >= 0.6 is 46.9 Å².